The summed E-state index contributed by atoms with van der Waals surface area (Å²) in [5, 5.41) is 31.4. The first kappa shape index (κ1) is 57.4. The maximum Gasteiger partial charge on any atom is 0.306 e. The van der Waals surface area contributed by atoms with Gasteiger partial charge in [0.2, 0.25) is 0 Å². The number of carbonyl (C=O) groups is 2. The summed E-state index contributed by atoms with van der Waals surface area (Å²) in [6.07, 6.45) is 31.5. The highest BCUT2D eigenvalue weighted by Gasteiger charge is 2.39. The highest BCUT2D eigenvalue weighted by molar-refractivity contribution is 7.45. The fourth-order valence-corrected chi connectivity index (χ4v) is 8.38. The second-order valence-electron chi connectivity index (χ2n) is 18.5. The van der Waals surface area contributed by atoms with E-state index in [-0.39, 0.29) is 37.9 Å². The highest BCUT2D eigenvalue weighted by atomic mass is 31.2. The molecule has 1 unspecified atom stereocenters. The minimum atomic E-state index is -4.69. The van der Waals surface area contributed by atoms with Gasteiger partial charge in [-0.25, -0.2) is 0 Å². The highest BCUT2D eigenvalue weighted by Crippen LogP contribution is 2.38. The normalized spacial score (nSPS) is 20.3. The Hall–Kier alpha value is -1.63. The Morgan fingerprint density at radius 3 is 1.84 bits per heavy atom. The average Bonchev–Trinajstić information content (AvgIpc) is 3.47. The molecule has 1 saturated carbocycles. The Kier molecular flexibility index (Phi) is 33.6. The molecule has 61 heavy (non-hydrogen) atoms. The smallest absolute Gasteiger partial charge is 0.306 e. The van der Waals surface area contributed by atoms with Crippen LogP contribution in [0.25, 0.3) is 0 Å². The summed E-state index contributed by atoms with van der Waals surface area (Å²) < 4.78 is 33.9. The molecular weight excluding hydrogens is 797 g/mol. The van der Waals surface area contributed by atoms with Crippen molar-refractivity contribution in [2.45, 2.75) is 212 Å². The molecule has 0 heterocycles. The molecule has 1 aliphatic carbocycles. The first-order chi connectivity index (χ1) is 29.2. The number of allylic oxidation sites excluding steroid dienone is 2. The SMILES string of the molecule is CCCCCCCCCCCCCCCCCCCC(=O)O[C@H](COC(=O)CCC/C=C/C[C@@H]1[C@@H](/C=C/[C@@H](O)CCCCC)[C@H](O)C[C@@H]1O)COP(=O)([O-])OCC[N+](C)(C)C. The van der Waals surface area contributed by atoms with Crippen LogP contribution < -0.4 is 4.89 Å². The largest absolute Gasteiger partial charge is 0.756 e. The number of rotatable bonds is 40. The van der Waals surface area contributed by atoms with Crippen LogP contribution in [-0.4, -0.2) is 104 Å². The third kappa shape index (κ3) is 32.7. The summed E-state index contributed by atoms with van der Waals surface area (Å²) in [4.78, 5) is 37.8. The van der Waals surface area contributed by atoms with Gasteiger partial charge in [-0.2, -0.15) is 0 Å². The molecule has 0 aromatic carbocycles. The Bertz CT molecular complexity index is 1210. The fraction of sp³-hybridized carbons (Fsp3) is 0.875. The minimum Gasteiger partial charge on any atom is -0.756 e. The van der Waals surface area contributed by atoms with Gasteiger partial charge in [-0.05, 0) is 38.0 Å². The molecule has 12 nitrogen and oxygen atoms in total. The fourth-order valence-electron chi connectivity index (χ4n) is 7.65. The molecule has 3 N–H and O–H groups in total. The monoisotopic (exact) mass is 888 g/mol. The number of phosphoric ester groups is 1. The van der Waals surface area contributed by atoms with Gasteiger partial charge in [0, 0.05) is 25.2 Å². The number of esters is 2. The van der Waals surface area contributed by atoms with Gasteiger partial charge >= 0.3 is 11.9 Å². The van der Waals surface area contributed by atoms with E-state index in [1.165, 1.54) is 83.5 Å². The lowest BCUT2D eigenvalue weighted by atomic mass is 9.89. The number of hydrogen-bond acceptors (Lipinski definition) is 11. The van der Waals surface area contributed by atoms with E-state index in [4.69, 9.17) is 18.5 Å². The van der Waals surface area contributed by atoms with E-state index in [0.717, 1.165) is 38.5 Å². The molecule has 13 heteroatoms. The van der Waals surface area contributed by atoms with Gasteiger partial charge in [0.15, 0.2) is 6.10 Å². The van der Waals surface area contributed by atoms with Crippen LogP contribution >= 0.6 is 7.82 Å². The van der Waals surface area contributed by atoms with E-state index in [2.05, 4.69) is 13.8 Å². The summed E-state index contributed by atoms with van der Waals surface area (Å²) in [7, 11) is 1.04. The standard InChI is InChI=1S/C48H90NO11P/c1-6-8-10-11-12-13-14-15-16-17-18-19-20-21-22-23-29-33-48(54)60-42(40-59-61(55,56)58-37-36-49(3,4)5)39-57-47(53)32-28-25-24-27-31-43-44(46(52)38-45(43)51)35-34-41(50)30-26-9-7-2/h24,27,34-35,41-46,50-52H,6-23,25-26,28-33,36-40H2,1-5H3/b27-24+,35-34+/t41-,42+,43+,44+,45-,46+/m0/s1. The quantitative estimate of drug-likeness (QED) is 0.0176. The zero-order valence-electron chi connectivity index (χ0n) is 39.2. The number of quaternary nitrogens is 1. The van der Waals surface area contributed by atoms with Crippen molar-refractivity contribution in [1.29, 1.82) is 0 Å². The summed E-state index contributed by atoms with van der Waals surface area (Å²) in [5.74, 6) is -1.42. The number of nitrogens with zero attached hydrogens (tertiary/aromatic N) is 1. The van der Waals surface area contributed by atoms with Gasteiger partial charge < -0.3 is 43.2 Å². The van der Waals surface area contributed by atoms with E-state index in [1.807, 2.05) is 39.4 Å². The number of unbranched alkanes of at least 4 members (excludes halogenated alkanes) is 19. The van der Waals surface area contributed by atoms with E-state index in [0.29, 0.717) is 49.6 Å². The molecule has 0 aromatic rings. The molecule has 1 fully saturated rings. The molecule has 0 radical (unpaired) electrons. The molecule has 7 atom stereocenters. The van der Waals surface area contributed by atoms with Gasteiger partial charge in [-0.15, -0.1) is 0 Å². The van der Waals surface area contributed by atoms with Crippen molar-refractivity contribution in [2.24, 2.45) is 11.8 Å². The number of aliphatic hydroxyl groups is 3. The maximum absolute atomic E-state index is 12.8. The molecule has 0 aromatic heterocycles. The van der Waals surface area contributed by atoms with Crippen molar-refractivity contribution < 1.29 is 57.4 Å². The molecular formula is C48H90NO11P. The predicted octanol–water partition coefficient (Wildman–Crippen LogP) is 9.66. The first-order valence-electron chi connectivity index (χ1n) is 24.3. The Morgan fingerprint density at radius 1 is 0.721 bits per heavy atom. The minimum absolute atomic E-state index is 0.0678. The number of carbonyl (C=O) groups excluding carboxylic acids is 2. The van der Waals surface area contributed by atoms with Gasteiger partial charge in [0.05, 0.1) is 46.1 Å². The zero-order chi connectivity index (χ0) is 45.2. The van der Waals surface area contributed by atoms with Crippen molar-refractivity contribution in [3.63, 3.8) is 0 Å². The molecule has 1 rings (SSSR count). The maximum atomic E-state index is 12.8. The second-order valence-corrected chi connectivity index (χ2v) is 19.9. The zero-order valence-corrected chi connectivity index (χ0v) is 40.1. The molecule has 358 valence electrons. The van der Waals surface area contributed by atoms with E-state index in [1.54, 1.807) is 6.08 Å². The molecule has 0 bridgehead atoms. The van der Waals surface area contributed by atoms with Crippen LogP contribution in [0.5, 0.6) is 0 Å². The van der Waals surface area contributed by atoms with Crippen LogP contribution in [0.4, 0.5) is 0 Å². The molecule has 1 aliphatic rings. The second kappa shape index (κ2) is 35.7. The molecule has 0 amide bonds. The van der Waals surface area contributed by atoms with Gasteiger partial charge in [0.25, 0.3) is 7.82 Å². The molecule has 0 spiro atoms. The van der Waals surface area contributed by atoms with Crippen LogP contribution in [0.1, 0.15) is 187 Å². The first-order valence-corrected chi connectivity index (χ1v) is 25.8. The van der Waals surface area contributed by atoms with E-state index in [9.17, 15) is 34.4 Å². The Balaban J connectivity index is 2.44. The van der Waals surface area contributed by atoms with E-state index >= 15 is 0 Å². The molecule has 0 aliphatic heterocycles. The summed E-state index contributed by atoms with van der Waals surface area (Å²) in [6.45, 7) is 3.87. The summed E-state index contributed by atoms with van der Waals surface area (Å²) >= 11 is 0. The average molecular weight is 888 g/mol. The van der Waals surface area contributed by atoms with Crippen LogP contribution in [0.2, 0.25) is 0 Å². The Labute approximate surface area is 371 Å². The predicted molar refractivity (Wildman–Crippen MR) is 243 cm³/mol. The third-order valence-electron chi connectivity index (χ3n) is 11.5. The topological polar surface area (TPSA) is 172 Å². The lowest BCUT2D eigenvalue weighted by molar-refractivity contribution is -0.870. The van der Waals surface area contributed by atoms with Gasteiger partial charge in [-0.1, -0.05) is 160 Å². The van der Waals surface area contributed by atoms with Crippen molar-refractivity contribution in [3.05, 3.63) is 24.3 Å². The summed E-state index contributed by atoms with van der Waals surface area (Å²) in [5.41, 5.74) is 0. The van der Waals surface area contributed by atoms with Crippen LogP contribution in [0, 0.1) is 11.8 Å². The van der Waals surface area contributed by atoms with Gasteiger partial charge in [0.1, 0.15) is 19.8 Å². The van der Waals surface area contributed by atoms with Crippen LogP contribution in [0.3, 0.4) is 0 Å². The number of phosphoric acid groups is 1. The number of hydrogen-bond donors (Lipinski definition) is 3. The van der Waals surface area contributed by atoms with Gasteiger partial charge in [-0.3, -0.25) is 14.2 Å². The van der Waals surface area contributed by atoms with Crippen molar-refractivity contribution in [3.8, 4) is 0 Å². The lowest BCUT2D eigenvalue weighted by Gasteiger charge is -2.28. The number of likely N-dealkylation sites (N-methyl/N-ethyl adjacent to an activating group) is 1. The number of aliphatic hydroxyl groups excluding tert-OH is 3. The van der Waals surface area contributed by atoms with Crippen molar-refractivity contribution in [2.75, 3.05) is 47.5 Å². The third-order valence-corrected chi connectivity index (χ3v) is 12.5. The molecule has 0 saturated heterocycles. The van der Waals surface area contributed by atoms with Crippen LogP contribution in [0.15, 0.2) is 24.3 Å². The van der Waals surface area contributed by atoms with E-state index < -0.39 is 50.8 Å². The summed E-state index contributed by atoms with van der Waals surface area (Å²) in [6, 6.07) is 0. The number of ether oxygens (including phenoxy) is 2. The Morgan fingerprint density at radius 2 is 1.26 bits per heavy atom. The van der Waals surface area contributed by atoms with Crippen molar-refractivity contribution >= 4 is 19.8 Å². The lowest BCUT2D eigenvalue weighted by Crippen LogP contribution is -2.37. The van der Waals surface area contributed by atoms with Crippen LogP contribution in [-0.2, 0) is 32.7 Å². The van der Waals surface area contributed by atoms with Crippen molar-refractivity contribution in [1.82, 2.24) is 0 Å².